The summed E-state index contributed by atoms with van der Waals surface area (Å²) in [7, 11) is -4.16. The second-order valence-corrected chi connectivity index (χ2v) is 9.89. The van der Waals surface area contributed by atoms with Crippen molar-refractivity contribution in [2.45, 2.75) is 37.9 Å². The van der Waals surface area contributed by atoms with Crippen LogP contribution in [0.1, 0.15) is 23.6 Å². The second kappa shape index (κ2) is 10.2. The van der Waals surface area contributed by atoms with Gasteiger partial charge in [-0.1, -0.05) is 17.7 Å². The minimum absolute atomic E-state index is 0.190. The molecule has 0 fully saturated rings. The highest BCUT2D eigenvalue weighted by atomic mass is 35.5. The Balaban J connectivity index is 1.66. The number of benzene rings is 3. The van der Waals surface area contributed by atoms with Gasteiger partial charge in [0.05, 0.1) is 10.5 Å². The molecule has 1 amide bonds. The summed E-state index contributed by atoms with van der Waals surface area (Å²) in [5, 5.41) is 3.24. The van der Waals surface area contributed by atoms with Crippen molar-refractivity contribution in [3.05, 3.63) is 82.4 Å². The zero-order valence-corrected chi connectivity index (χ0v) is 20.5. The SMILES string of the molecule is Cc1cc(O[C@H](C)C(=O)Nc2ccc(S(=O)(=O)Nc3cccc(C(F)(F)F)c3)cc2)cc(C)c1Cl. The molecule has 3 aromatic carbocycles. The van der Waals surface area contributed by atoms with Gasteiger partial charge in [0.15, 0.2) is 6.10 Å². The van der Waals surface area contributed by atoms with Gasteiger partial charge in [0.2, 0.25) is 0 Å². The first-order valence-electron chi connectivity index (χ1n) is 10.3. The highest BCUT2D eigenvalue weighted by Crippen LogP contribution is 2.31. The van der Waals surface area contributed by atoms with Gasteiger partial charge in [0, 0.05) is 16.4 Å². The molecular weight excluding hydrogens is 505 g/mol. The maximum atomic E-state index is 12.9. The lowest BCUT2D eigenvalue weighted by Gasteiger charge is -2.16. The third-order valence-electron chi connectivity index (χ3n) is 4.97. The van der Waals surface area contributed by atoms with E-state index in [4.69, 9.17) is 16.3 Å². The van der Waals surface area contributed by atoms with Crippen LogP contribution in [0.15, 0.2) is 65.6 Å². The largest absolute Gasteiger partial charge is 0.481 e. The van der Waals surface area contributed by atoms with Crippen LogP contribution in [-0.2, 0) is 21.0 Å². The van der Waals surface area contributed by atoms with E-state index in [1.807, 2.05) is 13.8 Å². The zero-order valence-electron chi connectivity index (χ0n) is 18.9. The molecule has 0 aliphatic heterocycles. The molecule has 0 saturated carbocycles. The smallest absolute Gasteiger partial charge is 0.416 e. The van der Waals surface area contributed by atoms with Crippen LogP contribution in [0.2, 0.25) is 5.02 Å². The molecule has 0 bridgehead atoms. The minimum atomic E-state index is -4.60. The van der Waals surface area contributed by atoms with Crippen molar-refractivity contribution >= 4 is 38.9 Å². The maximum absolute atomic E-state index is 12.9. The van der Waals surface area contributed by atoms with Gasteiger partial charge in [-0.3, -0.25) is 9.52 Å². The summed E-state index contributed by atoms with van der Waals surface area (Å²) in [5.74, 6) is 0.0158. The topological polar surface area (TPSA) is 84.5 Å². The average Bonchev–Trinajstić information content (AvgIpc) is 2.77. The van der Waals surface area contributed by atoms with Crippen molar-refractivity contribution in [2.24, 2.45) is 0 Å². The van der Waals surface area contributed by atoms with Gasteiger partial charge < -0.3 is 10.1 Å². The molecule has 6 nitrogen and oxygen atoms in total. The Hall–Kier alpha value is -3.24. The third-order valence-corrected chi connectivity index (χ3v) is 6.96. The number of hydrogen-bond donors (Lipinski definition) is 2. The van der Waals surface area contributed by atoms with Gasteiger partial charge >= 0.3 is 6.18 Å². The first-order valence-corrected chi connectivity index (χ1v) is 12.2. The van der Waals surface area contributed by atoms with E-state index >= 15 is 0 Å². The molecule has 186 valence electrons. The zero-order chi connectivity index (χ0) is 26.0. The normalized spacial score (nSPS) is 12.7. The van der Waals surface area contributed by atoms with Crippen LogP contribution in [0.5, 0.6) is 5.75 Å². The number of nitrogens with one attached hydrogen (secondary N) is 2. The number of halogens is 4. The Bertz CT molecular complexity index is 1320. The molecule has 1 atom stereocenters. The Morgan fingerprint density at radius 2 is 1.57 bits per heavy atom. The monoisotopic (exact) mass is 526 g/mol. The lowest BCUT2D eigenvalue weighted by Crippen LogP contribution is -2.30. The number of amides is 1. The summed E-state index contributed by atoms with van der Waals surface area (Å²) >= 11 is 6.14. The van der Waals surface area contributed by atoms with E-state index in [0.717, 1.165) is 23.3 Å². The Kier molecular flexibility index (Phi) is 7.66. The van der Waals surface area contributed by atoms with Crippen molar-refractivity contribution < 1.29 is 31.1 Å². The number of rotatable bonds is 7. The van der Waals surface area contributed by atoms with E-state index in [1.165, 1.54) is 30.3 Å². The summed E-state index contributed by atoms with van der Waals surface area (Å²) in [4.78, 5) is 12.3. The number of carbonyl (C=O) groups is 1. The molecule has 0 heterocycles. The van der Waals surface area contributed by atoms with Crippen LogP contribution >= 0.6 is 11.6 Å². The van der Waals surface area contributed by atoms with E-state index in [2.05, 4.69) is 10.0 Å². The highest BCUT2D eigenvalue weighted by Gasteiger charge is 2.30. The van der Waals surface area contributed by atoms with Crippen molar-refractivity contribution in [3.63, 3.8) is 0 Å². The van der Waals surface area contributed by atoms with Gasteiger partial charge in [-0.25, -0.2) is 8.42 Å². The predicted molar refractivity (Wildman–Crippen MR) is 128 cm³/mol. The molecule has 0 aromatic heterocycles. The number of sulfonamides is 1. The second-order valence-electron chi connectivity index (χ2n) is 7.83. The quantitative estimate of drug-likeness (QED) is 0.385. The summed E-state index contributed by atoms with van der Waals surface area (Å²) in [6.45, 7) is 5.21. The van der Waals surface area contributed by atoms with Gasteiger partial charge in [0.25, 0.3) is 15.9 Å². The Morgan fingerprint density at radius 1 is 0.971 bits per heavy atom. The van der Waals surface area contributed by atoms with Crippen molar-refractivity contribution in [3.8, 4) is 5.75 Å². The van der Waals surface area contributed by atoms with Crippen LogP contribution in [0, 0.1) is 13.8 Å². The first kappa shape index (κ1) is 26.4. The fraction of sp³-hybridized carbons (Fsp3) is 0.208. The van der Waals surface area contributed by atoms with Crippen LogP contribution < -0.4 is 14.8 Å². The number of carbonyl (C=O) groups excluding carboxylic acids is 1. The molecule has 0 spiro atoms. The molecule has 0 aliphatic carbocycles. The van der Waals surface area contributed by atoms with Crippen molar-refractivity contribution in [1.29, 1.82) is 0 Å². The van der Waals surface area contributed by atoms with Crippen LogP contribution in [0.3, 0.4) is 0 Å². The first-order chi connectivity index (χ1) is 16.3. The number of anilines is 2. The number of alkyl halides is 3. The average molecular weight is 527 g/mol. The molecule has 0 unspecified atom stereocenters. The summed E-state index contributed by atoms with van der Waals surface area (Å²) < 4.78 is 71.6. The molecule has 0 aliphatic rings. The van der Waals surface area contributed by atoms with E-state index < -0.39 is 33.8 Å². The summed E-state index contributed by atoms with van der Waals surface area (Å²) in [5.41, 5.74) is 0.730. The summed E-state index contributed by atoms with van der Waals surface area (Å²) in [6, 6.07) is 12.5. The Labute approximate surface area is 206 Å². The third kappa shape index (κ3) is 6.67. The fourth-order valence-corrected chi connectivity index (χ4v) is 4.32. The van der Waals surface area contributed by atoms with E-state index in [1.54, 1.807) is 19.1 Å². The molecular formula is C24H22ClF3N2O4S. The van der Waals surface area contributed by atoms with Crippen molar-refractivity contribution in [2.75, 3.05) is 10.0 Å². The molecule has 11 heteroatoms. The van der Waals surface area contributed by atoms with E-state index in [0.29, 0.717) is 22.5 Å². The number of ether oxygens (including phenoxy) is 1. The number of hydrogen-bond acceptors (Lipinski definition) is 4. The van der Waals surface area contributed by atoms with E-state index in [-0.39, 0.29) is 10.6 Å². The van der Waals surface area contributed by atoms with Crippen LogP contribution in [0.25, 0.3) is 0 Å². The maximum Gasteiger partial charge on any atom is 0.416 e. The molecule has 0 radical (unpaired) electrons. The lowest BCUT2D eigenvalue weighted by atomic mass is 10.1. The fourth-order valence-electron chi connectivity index (χ4n) is 3.17. The molecule has 0 saturated heterocycles. The van der Waals surface area contributed by atoms with Gasteiger partial charge in [-0.05, 0) is 86.5 Å². The van der Waals surface area contributed by atoms with Crippen molar-refractivity contribution in [1.82, 2.24) is 0 Å². The molecule has 35 heavy (non-hydrogen) atoms. The van der Waals surface area contributed by atoms with Gasteiger partial charge in [-0.2, -0.15) is 13.2 Å². The highest BCUT2D eigenvalue weighted by molar-refractivity contribution is 7.92. The Morgan fingerprint density at radius 3 is 2.14 bits per heavy atom. The van der Waals surface area contributed by atoms with Crippen LogP contribution in [-0.4, -0.2) is 20.4 Å². The predicted octanol–water partition coefficient (Wildman–Crippen LogP) is 6.18. The minimum Gasteiger partial charge on any atom is -0.481 e. The molecule has 3 rings (SSSR count). The molecule has 2 N–H and O–H groups in total. The lowest BCUT2D eigenvalue weighted by molar-refractivity contribution is -0.137. The standard InChI is InChI=1S/C24H22ClF3N2O4S/c1-14-11-20(12-15(2)22(14)25)34-16(3)23(31)29-18-7-9-21(10-8-18)35(32,33)30-19-6-4-5-17(13-19)24(26,27)28/h4-13,16,30H,1-3H3,(H,29,31)/t16-/m1/s1. The van der Waals surface area contributed by atoms with Gasteiger partial charge in [-0.15, -0.1) is 0 Å². The molecule has 3 aromatic rings. The van der Waals surface area contributed by atoms with Crippen LogP contribution in [0.4, 0.5) is 24.5 Å². The van der Waals surface area contributed by atoms with E-state index in [9.17, 15) is 26.4 Å². The number of aryl methyl sites for hydroxylation is 2. The van der Waals surface area contributed by atoms with Gasteiger partial charge in [0.1, 0.15) is 5.75 Å². The summed E-state index contributed by atoms with van der Waals surface area (Å²) in [6.07, 6.45) is -5.46.